The van der Waals surface area contributed by atoms with E-state index in [1.54, 1.807) is 0 Å². The first-order valence-corrected chi connectivity index (χ1v) is 8.27. The van der Waals surface area contributed by atoms with Crippen molar-refractivity contribution in [3.05, 3.63) is 0 Å². The van der Waals surface area contributed by atoms with E-state index in [9.17, 15) is 0 Å². The molecule has 0 radical (unpaired) electrons. The molecule has 0 saturated heterocycles. The van der Waals surface area contributed by atoms with Crippen molar-refractivity contribution in [2.75, 3.05) is 20.1 Å². The second kappa shape index (κ2) is 7.08. The number of hydrogen-bond acceptors (Lipinski definition) is 2. The summed E-state index contributed by atoms with van der Waals surface area (Å²) in [6.45, 7) is 13.9. The zero-order valence-corrected chi connectivity index (χ0v) is 14.2. The average molecular weight is 268 g/mol. The van der Waals surface area contributed by atoms with Crippen LogP contribution in [0.5, 0.6) is 0 Å². The van der Waals surface area contributed by atoms with Crippen LogP contribution >= 0.6 is 0 Å². The van der Waals surface area contributed by atoms with Gasteiger partial charge in [0.25, 0.3) is 0 Å². The van der Waals surface area contributed by atoms with E-state index in [1.165, 1.54) is 51.6 Å². The van der Waals surface area contributed by atoms with Gasteiger partial charge in [0, 0.05) is 24.7 Å². The molecule has 0 aromatic rings. The molecule has 114 valence electrons. The molecular weight excluding hydrogens is 232 g/mol. The summed E-state index contributed by atoms with van der Waals surface area (Å²) in [6, 6.07) is 0.757. The summed E-state index contributed by atoms with van der Waals surface area (Å²) in [6.07, 6.45) is 8.19. The average Bonchev–Trinajstić information content (AvgIpc) is 2.76. The fraction of sp³-hybridized carbons (Fsp3) is 1.00. The molecule has 2 heteroatoms. The van der Waals surface area contributed by atoms with Gasteiger partial charge in [0.15, 0.2) is 0 Å². The van der Waals surface area contributed by atoms with E-state index in [1.807, 2.05) is 0 Å². The molecule has 0 bridgehead atoms. The van der Waals surface area contributed by atoms with Gasteiger partial charge in [0.1, 0.15) is 0 Å². The fourth-order valence-electron chi connectivity index (χ4n) is 3.54. The van der Waals surface area contributed by atoms with Crippen molar-refractivity contribution in [2.45, 2.75) is 84.7 Å². The van der Waals surface area contributed by atoms with Crippen LogP contribution in [0.1, 0.15) is 73.1 Å². The van der Waals surface area contributed by atoms with Crippen molar-refractivity contribution in [1.29, 1.82) is 0 Å². The molecule has 0 aliphatic heterocycles. The monoisotopic (exact) mass is 268 g/mol. The molecule has 1 N–H and O–H groups in total. The minimum atomic E-state index is 0.239. The fourth-order valence-corrected chi connectivity index (χ4v) is 3.54. The normalized spacial score (nSPS) is 19.6. The maximum atomic E-state index is 3.76. The van der Waals surface area contributed by atoms with Crippen LogP contribution in [0.4, 0.5) is 0 Å². The van der Waals surface area contributed by atoms with Crippen molar-refractivity contribution >= 4 is 0 Å². The van der Waals surface area contributed by atoms with E-state index in [4.69, 9.17) is 0 Å². The Morgan fingerprint density at radius 3 is 2.05 bits per heavy atom. The number of nitrogens with one attached hydrogen (secondary N) is 1. The standard InChI is InChI=1S/C17H36N2/c1-7-15(8-2)19(6)14-17(11-9-10-12-17)13-18-16(3,4)5/h15,18H,7-14H2,1-6H3. The van der Waals surface area contributed by atoms with Crippen molar-refractivity contribution in [3.8, 4) is 0 Å². The lowest BCUT2D eigenvalue weighted by Crippen LogP contribution is -2.48. The summed E-state index contributed by atoms with van der Waals surface area (Å²) in [5.74, 6) is 0. The Hall–Kier alpha value is -0.0800. The highest BCUT2D eigenvalue weighted by atomic mass is 15.1. The first-order valence-electron chi connectivity index (χ1n) is 8.27. The Bertz CT molecular complexity index is 244. The van der Waals surface area contributed by atoms with E-state index < -0.39 is 0 Å². The van der Waals surface area contributed by atoms with Crippen LogP contribution in [0, 0.1) is 5.41 Å². The predicted molar refractivity (Wildman–Crippen MR) is 85.7 cm³/mol. The lowest BCUT2D eigenvalue weighted by atomic mass is 9.84. The van der Waals surface area contributed by atoms with Gasteiger partial charge in [-0.15, -0.1) is 0 Å². The van der Waals surface area contributed by atoms with E-state index in [-0.39, 0.29) is 5.54 Å². The number of hydrogen-bond donors (Lipinski definition) is 1. The van der Waals surface area contributed by atoms with Crippen molar-refractivity contribution in [1.82, 2.24) is 10.2 Å². The lowest BCUT2D eigenvalue weighted by Gasteiger charge is -2.39. The first kappa shape index (κ1) is 17.0. The predicted octanol–water partition coefficient (Wildman–Crippen LogP) is 4.06. The molecule has 1 aliphatic rings. The van der Waals surface area contributed by atoms with Gasteiger partial charge in [-0.2, -0.15) is 0 Å². The Morgan fingerprint density at radius 2 is 1.63 bits per heavy atom. The van der Waals surface area contributed by atoms with Gasteiger partial charge in [-0.05, 0) is 58.9 Å². The van der Waals surface area contributed by atoms with E-state index in [0.717, 1.165) is 6.04 Å². The molecular formula is C17H36N2. The van der Waals surface area contributed by atoms with Crippen LogP contribution in [0.3, 0.4) is 0 Å². The van der Waals surface area contributed by atoms with Crippen LogP contribution in [0.15, 0.2) is 0 Å². The summed E-state index contributed by atoms with van der Waals surface area (Å²) >= 11 is 0. The molecule has 1 fully saturated rings. The molecule has 0 aromatic heterocycles. The molecule has 0 spiro atoms. The third kappa shape index (κ3) is 5.43. The Morgan fingerprint density at radius 1 is 1.11 bits per heavy atom. The molecule has 0 heterocycles. The second-order valence-electron chi connectivity index (χ2n) is 7.70. The third-order valence-electron chi connectivity index (χ3n) is 4.81. The van der Waals surface area contributed by atoms with Gasteiger partial charge in [0.05, 0.1) is 0 Å². The largest absolute Gasteiger partial charge is 0.311 e. The van der Waals surface area contributed by atoms with E-state index in [2.05, 4.69) is 51.9 Å². The summed E-state index contributed by atoms with van der Waals surface area (Å²) in [4.78, 5) is 2.62. The molecule has 0 amide bonds. The number of nitrogens with zero attached hydrogens (tertiary/aromatic N) is 1. The highest BCUT2D eigenvalue weighted by molar-refractivity contribution is 4.91. The zero-order valence-electron chi connectivity index (χ0n) is 14.2. The van der Waals surface area contributed by atoms with Crippen LogP contribution in [-0.4, -0.2) is 36.6 Å². The van der Waals surface area contributed by atoms with E-state index in [0.29, 0.717) is 5.41 Å². The smallest absolute Gasteiger partial charge is 0.00967 e. The van der Waals surface area contributed by atoms with Gasteiger partial charge < -0.3 is 10.2 Å². The molecule has 0 aromatic carbocycles. The molecule has 0 atom stereocenters. The van der Waals surface area contributed by atoms with Gasteiger partial charge in [-0.1, -0.05) is 26.7 Å². The van der Waals surface area contributed by atoms with E-state index >= 15 is 0 Å². The maximum absolute atomic E-state index is 3.76. The SMILES string of the molecule is CCC(CC)N(C)CC1(CNC(C)(C)C)CCCC1. The number of rotatable bonds is 7. The summed E-state index contributed by atoms with van der Waals surface area (Å²) < 4.78 is 0. The summed E-state index contributed by atoms with van der Waals surface area (Å²) in [5, 5.41) is 3.76. The van der Waals surface area contributed by atoms with Gasteiger partial charge in [-0.3, -0.25) is 0 Å². The molecule has 0 unspecified atom stereocenters. The van der Waals surface area contributed by atoms with Gasteiger partial charge >= 0.3 is 0 Å². The zero-order chi connectivity index (χ0) is 14.5. The van der Waals surface area contributed by atoms with Crippen LogP contribution < -0.4 is 5.32 Å². The Kier molecular flexibility index (Phi) is 6.32. The van der Waals surface area contributed by atoms with Gasteiger partial charge in [0.2, 0.25) is 0 Å². The minimum absolute atomic E-state index is 0.239. The highest BCUT2D eigenvalue weighted by Crippen LogP contribution is 2.39. The van der Waals surface area contributed by atoms with Gasteiger partial charge in [-0.25, -0.2) is 0 Å². The highest BCUT2D eigenvalue weighted by Gasteiger charge is 2.36. The summed E-state index contributed by atoms with van der Waals surface area (Å²) in [5.41, 5.74) is 0.758. The molecule has 1 aliphatic carbocycles. The quantitative estimate of drug-likeness (QED) is 0.749. The molecule has 19 heavy (non-hydrogen) atoms. The topological polar surface area (TPSA) is 15.3 Å². The van der Waals surface area contributed by atoms with Crippen LogP contribution in [0.25, 0.3) is 0 Å². The molecule has 1 saturated carbocycles. The second-order valence-corrected chi connectivity index (χ2v) is 7.70. The third-order valence-corrected chi connectivity index (χ3v) is 4.81. The first-order chi connectivity index (χ1) is 8.82. The maximum Gasteiger partial charge on any atom is 0.00967 e. The van der Waals surface area contributed by atoms with Crippen molar-refractivity contribution in [3.63, 3.8) is 0 Å². The Balaban J connectivity index is 2.61. The molecule has 2 nitrogen and oxygen atoms in total. The molecule has 1 rings (SSSR count). The Labute approximate surface area is 121 Å². The van der Waals surface area contributed by atoms with Crippen LogP contribution in [0.2, 0.25) is 0 Å². The van der Waals surface area contributed by atoms with Crippen molar-refractivity contribution in [2.24, 2.45) is 5.41 Å². The van der Waals surface area contributed by atoms with Crippen LogP contribution in [-0.2, 0) is 0 Å². The minimum Gasteiger partial charge on any atom is -0.311 e. The lowest BCUT2D eigenvalue weighted by molar-refractivity contribution is 0.122. The van der Waals surface area contributed by atoms with Crippen molar-refractivity contribution < 1.29 is 0 Å². The summed E-state index contributed by atoms with van der Waals surface area (Å²) in [7, 11) is 2.33.